The van der Waals surface area contributed by atoms with Crippen molar-refractivity contribution in [3.05, 3.63) is 47.7 Å². The summed E-state index contributed by atoms with van der Waals surface area (Å²) >= 11 is 0. The summed E-state index contributed by atoms with van der Waals surface area (Å²) in [5.74, 6) is 2.05. The molecule has 0 bridgehead atoms. The van der Waals surface area contributed by atoms with Gasteiger partial charge in [0.25, 0.3) is 5.91 Å². The van der Waals surface area contributed by atoms with Crippen molar-refractivity contribution in [1.29, 1.82) is 0 Å². The number of aromatic nitrogens is 3. The van der Waals surface area contributed by atoms with Crippen molar-refractivity contribution in [2.75, 3.05) is 44.3 Å². The maximum absolute atomic E-state index is 12.7. The lowest BCUT2D eigenvalue weighted by Crippen LogP contribution is -2.41. The number of nitrogens with zero attached hydrogens (tertiary/aromatic N) is 5. The third-order valence-corrected chi connectivity index (χ3v) is 5.21. The second kappa shape index (κ2) is 8.00. The number of anilines is 1. The van der Waals surface area contributed by atoms with Gasteiger partial charge in [-0.15, -0.1) is 0 Å². The molecule has 0 aliphatic carbocycles. The van der Waals surface area contributed by atoms with Gasteiger partial charge in [-0.3, -0.25) is 4.79 Å². The number of hydrogen-bond acceptors (Lipinski definition) is 6. The average molecular weight is 367 g/mol. The zero-order chi connectivity index (χ0) is 18.6. The molecule has 0 saturated carbocycles. The van der Waals surface area contributed by atoms with E-state index < -0.39 is 0 Å². The van der Waals surface area contributed by atoms with Crippen molar-refractivity contribution < 1.29 is 9.53 Å². The maximum atomic E-state index is 12.7. The van der Waals surface area contributed by atoms with Crippen LogP contribution >= 0.6 is 0 Å². The molecule has 7 heteroatoms. The first-order valence-corrected chi connectivity index (χ1v) is 9.59. The molecule has 2 aromatic heterocycles. The first-order chi connectivity index (χ1) is 13.2. The Morgan fingerprint density at radius 3 is 2.81 bits per heavy atom. The van der Waals surface area contributed by atoms with E-state index in [1.165, 1.54) is 0 Å². The molecule has 27 heavy (non-hydrogen) atoms. The SMILES string of the molecule is Cc1nccc(N2CCC[C@H](c3cccc(C(=O)N4CCOCC4)n3)C2)n1. The van der Waals surface area contributed by atoms with Gasteiger partial charge < -0.3 is 14.5 Å². The summed E-state index contributed by atoms with van der Waals surface area (Å²) in [5.41, 5.74) is 1.52. The number of morpholine rings is 1. The zero-order valence-corrected chi connectivity index (χ0v) is 15.7. The third-order valence-electron chi connectivity index (χ3n) is 5.21. The summed E-state index contributed by atoms with van der Waals surface area (Å²) in [6, 6.07) is 7.76. The summed E-state index contributed by atoms with van der Waals surface area (Å²) in [7, 11) is 0. The van der Waals surface area contributed by atoms with Crippen LogP contribution in [0.5, 0.6) is 0 Å². The Labute approximate surface area is 159 Å². The Kier molecular flexibility index (Phi) is 5.29. The molecule has 2 saturated heterocycles. The highest BCUT2D eigenvalue weighted by atomic mass is 16.5. The molecule has 2 aliphatic heterocycles. The highest BCUT2D eigenvalue weighted by Crippen LogP contribution is 2.28. The van der Waals surface area contributed by atoms with Gasteiger partial charge in [0.2, 0.25) is 0 Å². The summed E-state index contributed by atoms with van der Waals surface area (Å²) in [6.07, 6.45) is 3.96. The Bertz CT molecular complexity index is 806. The van der Waals surface area contributed by atoms with Gasteiger partial charge in [-0.25, -0.2) is 15.0 Å². The van der Waals surface area contributed by atoms with E-state index in [9.17, 15) is 4.79 Å². The van der Waals surface area contributed by atoms with Gasteiger partial charge in [-0.1, -0.05) is 6.07 Å². The van der Waals surface area contributed by atoms with E-state index in [4.69, 9.17) is 9.72 Å². The molecule has 4 rings (SSSR count). The predicted molar refractivity (Wildman–Crippen MR) is 102 cm³/mol. The Hall–Kier alpha value is -2.54. The van der Waals surface area contributed by atoms with E-state index >= 15 is 0 Å². The smallest absolute Gasteiger partial charge is 0.272 e. The first kappa shape index (κ1) is 17.9. The summed E-state index contributed by atoms with van der Waals surface area (Å²) in [4.78, 5) is 30.3. The topological polar surface area (TPSA) is 71.5 Å². The van der Waals surface area contributed by atoms with Gasteiger partial charge in [0.05, 0.1) is 13.2 Å². The largest absolute Gasteiger partial charge is 0.378 e. The molecule has 2 fully saturated rings. The Morgan fingerprint density at radius 1 is 1.15 bits per heavy atom. The van der Waals surface area contributed by atoms with E-state index in [0.29, 0.717) is 37.9 Å². The number of rotatable bonds is 3. The van der Waals surface area contributed by atoms with Crippen molar-refractivity contribution >= 4 is 11.7 Å². The lowest BCUT2D eigenvalue weighted by molar-refractivity contribution is 0.0299. The van der Waals surface area contributed by atoms with Crippen LogP contribution in [0.15, 0.2) is 30.5 Å². The van der Waals surface area contributed by atoms with E-state index in [2.05, 4.69) is 14.9 Å². The van der Waals surface area contributed by atoms with E-state index in [1.54, 1.807) is 6.20 Å². The summed E-state index contributed by atoms with van der Waals surface area (Å²) < 4.78 is 5.34. The molecule has 7 nitrogen and oxygen atoms in total. The highest BCUT2D eigenvalue weighted by molar-refractivity contribution is 5.92. The maximum Gasteiger partial charge on any atom is 0.272 e. The van der Waals surface area contributed by atoms with Crippen LogP contribution in [-0.2, 0) is 4.74 Å². The minimum atomic E-state index is -0.000703. The van der Waals surface area contributed by atoms with Crippen LogP contribution < -0.4 is 4.90 Å². The van der Waals surface area contributed by atoms with Crippen LogP contribution in [0.25, 0.3) is 0 Å². The fourth-order valence-electron chi connectivity index (χ4n) is 3.77. The molecular formula is C20H25N5O2. The van der Waals surface area contributed by atoms with Crippen molar-refractivity contribution in [2.24, 2.45) is 0 Å². The summed E-state index contributed by atoms with van der Waals surface area (Å²) in [6.45, 7) is 6.22. The molecule has 0 unspecified atom stereocenters. The fourth-order valence-corrected chi connectivity index (χ4v) is 3.77. The number of carbonyl (C=O) groups is 1. The lowest BCUT2D eigenvalue weighted by Gasteiger charge is -2.33. The van der Waals surface area contributed by atoms with Gasteiger partial charge in [-0.05, 0) is 38.0 Å². The lowest BCUT2D eigenvalue weighted by atomic mass is 9.94. The van der Waals surface area contributed by atoms with Crippen LogP contribution in [0, 0.1) is 6.92 Å². The molecular weight excluding hydrogens is 342 g/mol. The monoisotopic (exact) mass is 367 g/mol. The molecule has 0 aromatic carbocycles. The van der Waals surface area contributed by atoms with Gasteiger partial charge in [0, 0.05) is 44.0 Å². The van der Waals surface area contributed by atoms with Crippen LogP contribution in [0.2, 0.25) is 0 Å². The molecule has 0 spiro atoms. The predicted octanol–water partition coefficient (Wildman–Crippen LogP) is 2.04. The number of hydrogen-bond donors (Lipinski definition) is 0. The number of carbonyl (C=O) groups excluding carboxylic acids is 1. The second-order valence-corrected chi connectivity index (χ2v) is 7.10. The van der Waals surface area contributed by atoms with Gasteiger partial charge in [0.15, 0.2) is 0 Å². The minimum Gasteiger partial charge on any atom is -0.378 e. The molecule has 0 radical (unpaired) electrons. The quantitative estimate of drug-likeness (QED) is 0.827. The van der Waals surface area contributed by atoms with E-state index in [0.717, 1.165) is 43.3 Å². The van der Waals surface area contributed by atoms with Crippen molar-refractivity contribution in [3.8, 4) is 0 Å². The second-order valence-electron chi connectivity index (χ2n) is 7.10. The molecule has 2 aliphatic rings. The first-order valence-electron chi connectivity index (χ1n) is 9.59. The normalized spacial score (nSPS) is 20.6. The molecule has 1 atom stereocenters. The van der Waals surface area contributed by atoms with E-state index in [1.807, 2.05) is 36.1 Å². The van der Waals surface area contributed by atoms with Crippen molar-refractivity contribution in [1.82, 2.24) is 19.9 Å². The van der Waals surface area contributed by atoms with Crippen LogP contribution in [0.4, 0.5) is 5.82 Å². The number of ether oxygens (including phenoxy) is 1. The fraction of sp³-hybridized carbons (Fsp3) is 0.500. The Morgan fingerprint density at radius 2 is 2.00 bits per heavy atom. The molecule has 0 N–H and O–H groups in total. The van der Waals surface area contributed by atoms with Gasteiger partial charge in [0.1, 0.15) is 17.3 Å². The number of amides is 1. The average Bonchev–Trinajstić information content (AvgIpc) is 2.74. The number of piperidine rings is 1. The van der Waals surface area contributed by atoms with E-state index in [-0.39, 0.29) is 5.91 Å². The molecule has 4 heterocycles. The van der Waals surface area contributed by atoms with Crippen LogP contribution in [0.1, 0.15) is 40.8 Å². The molecule has 1 amide bonds. The third kappa shape index (κ3) is 4.08. The number of aryl methyl sites for hydroxylation is 1. The van der Waals surface area contributed by atoms with Crippen molar-refractivity contribution in [3.63, 3.8) is 0 Å². The van der Waals surface area contributed by atoms with Crippen LogP contribution in [-0.4, -0.2) is 65.2 Å². The van der Waals surface area contributed by atoms with Gasteiger partial charge in [-0.2, -0.15) is 0 Å². The summed E-state index contributed by atoms with van der Waals surface area (Å²) in [5, 5.41) is 0. The standard InChI is InChI=1S/C20H25N5O2/c1-15-21-8-7-19(22-15)25-9-3-4-16(14-25)17-5-2-6-18(23-17)20(26)24-10-12-27-13-11-24/h2,5-8,16H,3-4,9-14H2,1H3/t16-/m0/s1. The number of pyridine rings is 1. The van der Waals surface area contributed by atoms with Crippen LogP contribution in [0.3, 0.4) is 0 Å². The molecule has 2 aromatic rings. The highest BCUT2D eigenvalue weighted by Gasteiger charge is 2.25. The van der Waals surface area contributed by atoms with Crippen molar-refractivity contribution in [2.45, 2.75) is 25.7 Å². The Balaban J connectivity index is 1.50. The molecule has 142 valence electrons. The zero-order valence-electron chi connectivity index (χ0n) is 15.7. The minimum absolute atomic E-state index is 0.000703. The van der Waals surface area contributed by atoms with Gasteiger partial charge >= 0.3 is 0 Å².